The van der Waals surface area contributed by atoms with Crippen LogP contribution in [0.4, 0.5) is 5.69 Å². The molecule has 0 saturated carbocycles. The number of thiazole rings is 1. The number of rotatable bonds is 15. The third-order valence-corrected chi connectivity index (χ3v) is 11.0. The van der Waals surface area contributed by atoms with Crippen LogP contribution < -0.4 is 16.0 Å². The van der Waals surface area contributed by atoms with Gasteiger partial charge in [-0.05, 0) is 78.1 Å². The van der Waals surface area contributed by atoms with E-state index in [9.17, 15) is 4.79 Å². The van der Waals surface area contributed by atoms with Gasteiger partial charge >= 0.3 is 0 Å². The molecular formula is C43H48Cl2N6OS. The number of fused-ring (bicyclic) bond motifs is 1. The molecule has 53 heavy (non-hydrogen) atoms. The summed E-state index contributed by atoms with van der Waals surface area (Å²) in [6, 6.07) is 28.8. The van der Waals surface area contributed by atoms with E-state index < -0.39 is 0 Å². The molecule has 0 radical (unpaired) electrons. The van der Waals surface area contributed by atoms with E-state index in [-0.39, 0.29) is 23.8 Å². The molecule has 4 aromatic carbocycles. The fraction of sp³-hybridized carbons (Fsp3) is 0.326. The molecule has 10 heteroatoms. The molecule has 6 aromatic rings. The molecule has 7 nitrogen and oxygen atoms in total. The number of benzene rings is 4. The average Bonchev–Trinajstić information content (AvgIpc) is 3.78. The number of imidazole rings is 1. The molecule has 2 aromatic heterocycles. The Morgan fingerprint density at radius 1 is 0.868 bits per heavy atom. The predicted molar refractivity (Wildman–Crippen MR) is 223 cm³/mol. The number of carbonyl (C=O) groups excluding carboxylic acids is 1. The van der Waals surface area contributed by atoms with Gasteiger partial charge in [0.1, 0.15) is 10.8 Å². The van der Waals surface area contributed by atoms with Gasteiger partial charge < -0.3 is 20.5 Å². The second-order valence-electron chi connectivity index (χ2n) is 14.6. The lowest BCUT2D eigenvalue weighted by Gasteiger charge is -2.24. The summed E-state index contributed by atoms with van der Waals surface area (Å²) in [5.74, 6) is 0.476. The minimum absolute atomic E-state index is 0.0117. The van der Waals surface area contributed by atoms with E-state index in [0.29, 0.717) is 23.1 Å². The van der Waals surface area contributed by atoms with Crippen molar-refractivity contribution in [2.24, 2.45) is 5.73 Å². The fourth-order valence-electron chi connectivity index (χ4n) is 6.56. The molecule has 2 heterocycles. The van der Waals surface area contributed by atoms with Gasteiger partial charge in [0.05, 0.1) is 26.8 Å². The molecule has 0 saturated heterocycles. The molecule has 1 amide bonds. The van der Waals surface area contributed by atoms with Gasteiger partial charge in [-0.25, -0.2) is 9.97 Å². The third kappa shape index (κ3) is 9.30. The van der Waals surface area contributed by atoms with Crippen molar-refractivity contribution in [1.82, 2.24) is 19.9 Å². The first kappa shape index (κ1) is 38.5. The van der Waals surface area contributed by atoms with Crippen LogP contribution in [-0.2, 0) is 23.3 Å². The number of primary amides is 1. The largest absolute Gasteiger partial charge is 0.372 e. The number of nitrogens with zero attached hydrogens (tertiary/aromatic N) is 4. The van der Waals surface area contributed by atoms with E-state index in [1.54, 1.807) is 11.3 Å². The van der Waals surface area contributed by atoms with Crippen molar-refractivity contribution in [1.29, 1.82) is 0 Å². The lowest BCUT2D eigenvalue weighted by molar-refractivity contribution is -0.118. The third-order valence-electron chi connectivity index (χ3n) is 9.41. The minimum Gasteiger partial charge on any atom is -0.372 e. The molecule has 3 N–H and O–H groups in total. The highest BCUT2D eigenvalue weighted by Crippen LogP contribution is 2.33. The van der Waals surface area contributed by atoms with Crippen molar-refractivity contribution in [3.05, 3.63) is 123 Å². The van der Waals surface area contributed by atoms with Crippen LogP contribution in [0.2, 0.25) is 10.0 Å². The highest BCUT2D eigenvalue weighted by molar-refractivity contribution is 7.13. The molecule has 276 valence electrons. The van der Waals surface area contributed by atoms with E-state index in [1.165, 1.54) is 5.69 Å². The average molecular weight is 768 g/mol. The molecule has 0 bridgehead atoms. The van der Waals surface area contributed by atoms with Crippen LogP contribution in [0.1, 0.15) is 82.3 Å². The van der Waals surface area contributed by atoms with Crippen LogP contribution in [-0.4, -0.2) is 33.5 Å². The Kier molecular flexibility index (Phi) is 12.2. The number of hydrogen-bond donors (Lipinski definition) is 2. The van der Waals surface area contributed by atoms with Gasteiger partial charge in [-0.3, -0.25) is 4.79 Å². The summed E-state index contributed by atoms with van der Waals surface area (Å²) in [4.78, 5) is 24.8. The van der Waals surface area contributed by atoms with Gasteiger partial charge in [0.15, 0.2) is 0 Å². The van der Waals surface area contributed by atoms with E-state index >= 15 is 0 Å². The van der Waals surface area contributed by atoms with Crippen LogP contribution in [0, 0.1) is 0 Å². The Balaban J connectivity index is 1.29. The summed E-state index contributed by atoms with van der Waals surface area (Å²) in [5.41, 5.74) is 15.1. The lowest BCUT2D eigenvalue weighted by atomic mass is 9.93. The van der Waals surface area contributed by atoms with Gasteiger partial charge in [-0.15, -0.1) is 11.3 Å². The minimum atomic E-state index is -0.373. The first-order chi connectivity index (χ1) is 25.4. The summed E-state index contributed by atoms with van der Waals surface area (Å²) < 4.78 is 2.22. The van der Waals surface area contributed by atoms with E-state index in [0.717, 1.165) is 81.3 Å². The lowest BCUT2D eigenvalue weighted by Crippen LogP contribution is -2.26. The molecule has 0 fully saturated rings. The van der Waals surface area contributed by atoms with Crippen molar-refractivity contribution in [2.75, 3.05) is 18.0 Å². The topological polar surface area (TPSA) is 89.1 Å². The van der Waals surface area contributed by atoms with Crippen LogP contribution in [0.25, 0.3) is 33.0 Å². The first-order valence-corrected chi connectivity index (χ1v) is 19.9. The number of nitrogens with two attached hydrogens (primary N) is 1. The van der Waals surface area contributed by atoms with E-state index in [4.69, 9.17) is 38.9 Å². The van der Waals surface area contributed by atoms with Gasteiger partial charge in [-0.2, -0.15) is 0 Å². The summed E-state index contributed by atoms with van der Waals surface area (Å²) in [6.45, 7) is 14.1. The van der Waals surface area contributed by atoms with Gasteiger partial charge in [-0.1, -0.05) is 94.2 Å². The smallest absolute Gasteiger partial charge is 0.219 e. The highest BCUT2D eigenvalue weighted by Gasteiger charge is 2.20. The maximum Gasteiger partial charge on any atom is 0.219 e. The standard InChI is InChI=1S/C43H48Cl2N6OS/c1-6-20-50(21-7-2)33-16-13-30(14-17-33)41-48-37-23-32(15-19-38(37)51(41)26-29-10-18-34(44)35(45)22-29)36(24-40(46)52)47-25-28-8-11-31(12-9-28)42-49-39(27-53-42)43(3,4)5/h8-19,22-23,27,36,47H,6-7,20-21,24-26H2,1-5H3,(H2,46,52). The molecule has 0 aliphatic carbocycles. The number of aromatic nitrogens is 3. The quantitative estimate of drug-likeness (QED) is 0.109. The maximum atomic E-state index is 12.3. The Bertz CT molecular complexity index is 2160. The number of halogens is 2. The number of amides is 1. The van der Waals surface area contributed by atoms with Crippen molar-refractivity contribution >= 4 is 57.2 Å². The van der Waals surface area contributed by atoms with Crippen LogP contribution in [0.3, 0.4) is 0 Å². The second kappa shape index (κ2) is 16.9. The van der Waals surface area contributed by atoms with Crippen molar-refractivity contribution < 1.29 is 4.79 Å². The van der Waals surface area contributed by atoms with Crippen LogP contribution in [0.5, 0.6) is 0 Å². The molecule has 0 aliphatic rings. The summed E-state index contributed by atoms with van der Waals surface area (Å²) in [5, 5.41) is 7.78. The number of nitrogens with one attached hydrogen (secondary N) is 1. The Labute approximate surface area is 327 Å². The van der Waals surface area contributed by atoms with Crippen LogP contribution >= 0.6 is 34.5 Å². The normalized spacial score (nSPS) is 12.4. The first-order valence-electron chi connectivity index (χ1n) is 18.3. The zero-order chi connectivity index (χ0) is 37.7. The molecule has 0 aliphatic heterocycles. The zero-order valence-electron chi connectivity index (χ0n) is 31.1. The summed E-state index contributed by atoms with van der Waals surface area (Å²) in [6.07, 6.45) is 2.34. The van der Waals surface area contributed by atoms with E-state index in [2.05, 4.69) is 122 Å². The molecular weight excluding hydrogens is 719 g/mol. The van der Waals surface area contributed by atoms with Gasteiger partial charge in [0, 0.05) is 66.3 Å². The number of carbonyl (C=O) groups is 1. The molecule has 1 unspecified atom stereocenters. The maximum absolute atomic E-state index is 12.3. The Morgan fingerprint density at radius 2 is 1.55 bits per heavy atom. The monoisotopic (exact) mass is 766 g/mol. The van der Waals surface area contributed by atoms with Crippen molar-refractivity contribution in [3.8, 4) is 22.0 Å². The van der Waals surface area contributed by atoms with E-state index in [1.807, 2.05) is 18.2 Å². The molecule has 1 atom stereocenters. The fourth-order valence-corrected chi connectivity index (χ4v) is 7.94. The van der Waals surface area contributed by atoms with Gasteiger partial charge in [0.2, 0.25) is 5.91 Å². The van der Waals surface area contributed by atoms with Crippen LogP contribution in [0.15, 0.2) is 90.3 Å². The molecule has 0 spiro atoms. The Morgan fingerprint density at radius 3 is 2.17 bits per heavy atom. The SMILES string of the molecule is CCCN(CCC)c1ccc(-c2nc3cc(C(CC(N)=O)NCc4ccc(-c5nc(C(C)(C)C)cs5)cc4)ccc3n2Cc2ccc(Cl)c(Cl)c2)cc1. The zero-order valence-corrected chi connectivity index (χ0v) is 33.5. The van der Waals surface area contributed by atoms with Crippen molar-refractivity contribution in [3.63, 3.8) is 0 Å². The number of anilines is 1. The summed E-state index contributed by atoms with van der Waals surface area (Å²) >= 11 is 14.4. The highest BCUT2D eigenvalue weighted by atomic mass is 35.5. The van der Waals surface area contributed by atoms with Crippen molar-refractivity contribution in [2.45, 2.75) is 78.4 Å². The second-order valence-corrected chi connectivity index (χ2v) is 16.3. The van der Waals surface area contributed by atoms with Gasteiger partial charge in [0.25, 0.3) is 0 Å². The number of hydrogen-bond acceptors (Lipinski definition) is 6. The molecule has 6 rings (SSSR count). The predicted octanol–water partition coefficient (Wildman–Crippen LogP) is 10.8. The Hall–Kier alpha value is -4.21. The summed E-state index contributed by atoms with van der Waals surface area (Å²) in [7, 11) is 0.